The highest BCUT2D eigenvalue weighted by Gasteiger charge is 2.06. The van der Waals surface area contributed by atoms with E-state index in [0.29, 0.717) is 11.6 Å². The van der Waals surface area contributed by atoms with Crippen LogP contribution in [0.3, 0.4) is 0 Å². The van der Waals surface area contributed by atoms with Crippen LogP contribution >= 0.6 is 0 Å². The summed E-state index contributed by atoms with van der Waals surface area (Å²) in [5.74, 6) is 0.993. The Hall–Kier alpha value is -2.36. The van der Waals surface area contributed by atoms with Crippen molar-refractivity contribution in [1.29, 1.82) is 0 Å². The lowest BCUT2D eigenvalue weighted by molar-refractivity contribution is 0.215. The molecular formula is C14H14N2O2. The molecule has 4 nitrogen and oxygen atoms in total. The van der Waals surface area contributed by atoms with Crippen molar-refractivity contribution in [3.8, 4) is 5.75 Å². The summed E-state index contributed by atoms with van der Waals surface area (Å²) >= 11 is 0. The average molecular weight is 242 g/mol. The van der Waals surface area contributed by atoms with E-state index in [1.807, 2.05) is 26.0 Å². The summed E-state index contributed by atoms with van der Waals surface area (Å²) in [5.41, 5.74) is 1.89. The Bertz CT molecular complexity index is 533. The molecule has 0 bridgehead atoms. The van der Waals surface area contributed by atoms with Crippen molar-refractivity contribution in [2.75, 3.05) is 5.32 Å². The molecule has 0 radical (unpaired) electrons. The molecule has 0 saturated carbocycles. The first-order chi connectivity index (χ1) is 8.63. The molecule has 0 atom stereocenters. The van der Waals surface area contributed by atoms with Crippen molar-refractivity contribution < 1.29 is 9.53 Å². The number of pyridine rings is 1. The van der Waals surface area contributed by atoms with E-state index in [1.54, 1.807) is 30.3 Å². The molecule has 18 heavy (non-hydrogen) atoms. The maximum Gasteiger partial charge on any atom is 0.418 e. The van der Waals surface area contributed by atoms with E-state index in [2.05, 4.69) is 10.3 Å². The first-order valence-corrected chi connectivity index (χ1v) is 5.62. The zero-order valence-electron chi connectivity index (χ0n) is 10.3. The van der Waals surface area contributed by atoms with Gasteiger partial charge in [-0.2, -0.15) is 0 Å². The number of carbonyl (C=O) groups is 1. The van der Waals surface area contributed by atoms with Crippen LogP contribution in [0.4, 0.5) is 10.6 Å². The second-order valence-electron chi connectivity index (χ2n) is 4.00. The molecule has 2 aromatic rings. The molecule has 4 heteroatoms. The minimum atomic E-state index is -0.543. The van der Waals surface area contributed by atoms with Crippen LogP contribution in [0.2, 0.25) is 0 Å². The lowest BCUT2D eigenvalue weighted by atomic mass is 10.2. The number of aromatic nitrogens is 1. The highest BCUT2D eigenvalue weighted by Crippen LogP contribution is 2.12. The van der Waals surface area contributed by atoms with E-state index in [-0.39, 0.29) is 0 Å². The molecular weight excluding hydrogens is 228 g/mol. The Labute approximate surface area is 106 Å². The van der Waals surface area contributed by atoms with Gasteiger partial charge in [-0.3, -0.25) is 5.32 Å². The highest BCUT2D eigenvalue weighted by atomic mass is 16.6. The quantitative estimate of drug-likeness (QED) is 0.879. The number of amides is 1. The average Bonchev–Trinajstić information content (AvgIpc) is 2.28. The van der Waals surface area contributed by atoms with Crippen molar-refractivity contribution >= 4 is 11.9 Å². The summed E-state index contributed by atoms with van der Waals surface area (Å²) in [7, 11) is 0. The van der Waals surface area contributed by atoms with Gasteiger partial charge in [0.15, 0.2) is 0 Å². The number of nitrogens with one attached hydrogen (secondary N) is 1. The van der Waals surface area contributed by atoms with Gasteiger partial charge in [-0.15, -0.1) is 0 Å². The zero-order valence-corrected chi connectivity index (χ0v) is 10.3. The predicted octanol–water partition coefficient (Wildman–Crippen LogP) is 3.31. The number of ether oxygens (including phenoxy) is 1. The van der Waals surface area contributed by atoms with Crippen molar-refractivity contribution in [2.24, 2.45) is 0 Å². The van der Waals surface area contributed by atoms with E-state index in [0.717, 1.165) is 11.3 Å². The van der Waals surface area contributed by atoms with Crippen molar-refractivity contribution in [2.45, 2.75) is 13.8 Å². The molecule has 92 valence electrons. The van der Waals surface area contributed by atoms with Crippen molar-refractivity contribution in [3.63, 3.8) is 0 Å². The zero-order chi connectivity index (χ0) is 13.0. The number of hydrogen-bond donors (Lipinski definition) is 1. The molecule has 1 aromatic heterocycles. The maximum atomic E-state index is 11.6. The van der Waals surface area contributed by atoms with E-state index in [9.17, 15) is 4.79 Å². The number of benzene rings is 1. The van der Waals surface area contributed by atoms with Gasteiger partial charge in [0.1, 0.15) is 11.6 Å². The number of nitrogens with zero attached hydrogens (tertiary/aromatic N) is 1. The van der Waals surface area contributed by atoms with Gasteiger partial charge in [0.25, 0.3) is 0 Å². The SMILES string of the molecule is Cc1cc(C)nc(NC(=O)Oc2ccccc2)c1. The molecule has 1 heterocycles. The van der Waals surface area contributed by atoms with Gasteiger partial charge in [0.2, 0.25) is 0 Å². The van der Waals surface area contributed by atoms with Crippen LogP contribution in [-0.4, -0.2) is 11.1 Å². The minimum Gasteiger partial charge on any atom is -0.410 e. The van der Waals surface area contributed by atoms with Gasteiger partial charge in [-0.05, 0) is 43.7 Å². The summed E-state index contributed by atoms with van der Waals surface area (Å²) in [6, 6.07) is 12.6. The number of hydrogen-bond acceptors (Lipinski definition) is 3. The summed E-state index contributed by atoms with van der Waals surface area (Å²) in [4.78, 5) is 15.8. The molecule has 0 aliphatic carbocycles. The van der Waals surface area contributed by atoms with Crippen LogP contribution in [0.5, 0.6) is 5.75 Å². The highest BCUT2D eigenvalue weighted by molar-refractivity contribution is 5.85. The van der Waals surface area contributed by atoms with Crippen molar-refractivity contribution in [3.05, 3.63) is 53.7 Å². The largest absolute Gasteiger partial charge is 0.418 e. The first-order valence-electron chi connectivity index (χ1n) is 5.62. The Morgan fingerprint density at radius 3 is 2.56 bits per heavy atom. The van der Waals surface area contributed by atoms with E-state index < -0.39 is 6.09 Å². The Kier molecular flexibility index (Phi) is 3.57. The summed E-state index contributed by atoms with van der Waals surface area (Å²) in [5, 5.41) is 2.60. The number of aryl methyl sites for hydroxylation is 2. The van der Waals surface area contributed by atoms with Crippen LogP contribution in [0.25, 0.3) is 0 Å². The van der Waals surface area contributed by atoms with Gasteiger partial charge in [-0.25, -0.2) is 9.78 Å². The fourth-order valence-electron chi connectivity index (χ4n) is 1.63. The molecule has 0 aliphatic rings. The molecule has 1 amide bonds. The second-order valence-corrected chi connectivity index (χ2v) is 4.00. The van der Waals surface area contributed by atoms with Crippen LogP contribution in [0.15, 0.2) is 42.5 Å². The normalized spacial score (nSPS) is 9.89. The molecule has 1 aromatic carbocycles. The number of para-hydroxylation sites is 1. The Balaban J connectivity index is 2.03. The summed E-state index contributed by atoms with van der Waals surface area (Å²) in [6.45, 7) is 3.82. The fraction of sp³-hybridized carbons (Fsp3) is 0.143. The number of carbonyl (C=O) groups excluding carboxylic acids is 1. The Morgan fingerprint density at radius 1 is 1.17 bits per heavy atom. The van der Waals surface area contributed by atoms with Gasteiger partial charge in [-0.1, -0.05) is 18.2 Å². The topological polar surface area (TPSA) is 51.2 Å². The maximum absolute atomic E-state index is 11.6. The third-order valence-corrected chi connectivity index (χ3v) is 2.28. The van der Waals surface area contributed by atoms with Crippen LogP contribution in [-0.2, 0) is 0 Å². The molecule has 2 rings (SSSR count). The number of anilines is 1. The third kappa shape index (κ3) is 3.31. The van der Waals surface area contributed by atoms with Gasteiger partial charge in [0.05, 0.1) is 0 Å². The molecule has 0 fully saturated rings. The van der Waals surface area contributed by atoms with Gasteiger partial charge < -0.3 is 4.74 Å². The van der Waals surface area contributed by atoms with Crippen LogP contribution < -0.4 is 10.1 Å². The lowest BCUT2D eigenvalue weighted by Crippen LogP contribution is -2.17. The lowest BCUT2D eigenvalue weighted by Gasteiger charge is -2.07. The Morgan fingerprint density at radius 2 is 1.89 bits per heavy atom. The fourth-order valence-corrected chi connectivity index (χ4v) is 1.63. The van der Waals surface area contributed by atoms with Crippen LogP contribution in [0.1, 0.15) is 11.3 Å². The predicted molar refractivity (Wildman–Crippen MR) is 69.8 cm³/mol. The van der Waals surface area contributed by atoms with Crippen molar-refractivity contribution in [1.82, 2.24) is 4.98 Å². The van der Waals surface area contributed by atoms with E-state index in [4.69, 9.17) is 4.74 Å². The van der Waals surface area contributed by atoms with Gasteiger partial charge >= 0.3 is 6.09 Å². The molecule has 1 N–H and O–H groups in total. The molecule has 0 spiro atoms. The summed E-state index contributed by atoms with van der Waals surface area (Å²) < 4.78 is 5.11. The molecule has 0 unspecified atom stereocenters. The minimum absolute atomic E-state index is 0.494. The van der Waals surface area contributed by atoms with E-state index in [1.165, 1.54) is 0 Å². The molecule has 0 saturated heterocycles. The second kappa shape index (κ2) is 5.31. The van der Waals surface area contributed by atoms with Gasteiger partial charge in [0, 0.05) is 5.69 Å². The monoisotopic (exact) mass is 242 g/mol. The first kappa shape index (κ1) is 12.1. The third-order valence-electron chi connectivity index (χ3n) is 2.28. The molecule has 0 aliphatic heterocycles. The smallest absolute Gasteiger partial charge is 0.410 e. The summed E-state index contributed by atoms with van der Waals surface area (Å²) in [6.07, 6.45) is -0.543. The van der Waals surface area contributed by atoms with E-state index >= 15 is 0 Å². The van der Waals surface area contributed by atoms with Crippen LogP contribution in [0, 0.1) is 13.8 Å². The standard InChI is InChI=1S/C14H14N2O2/c1-10-8-11(2)15-13(9-10)16-14(17)18-12-6-4-3-5-7-12/h3-9H,1-2H3,(H,15,16,17). The number of rotatable bonds is 2.